The topological polar surface area (TPSA) is 66.7 Å². The lowest BCUT2D eigenvalue weighted by Crippen LogP contribution is -2.36. The molecule has 1 amide bonds. The van der Waals surface area contributed by atoms with Gasteiger partial charge in [0, 0.05) is 30.7 Å². The number of nitrogens with one attached hydrogen (secondary N) is 1. The van der Waals surface area contributed by atoms with Gasteiger partial charge in [0.25, 0.3) is 5.91 Å². The molecule has 220 valence electrons. The van der Waals surface area contributed by atoms with Gasteiger partial charge in [-0.05, 0) is 94.8 Å². The molecule has 1 aromatic carbocycles. The molecule has 0 bridgehead atoms. The van der Waals surface area contributed by atoms with Crippen molar-refractivity contribution in [2.24, 2.45) is 0 Å². The van der Waals surface area contributed by atoms with Crippen LogP contribution in [-0.4, -0.2) is 58.9 Å². The summed E-state index contributed by atoms with van der Waals surface area (Å²) in [5, 5.41) is 13.7. The Morgan fingerprint density at radius 3 is 2.18 bits per heavy atom. The van der Waals surface area contributed by atoms with E-state index in [1.807, 2.05) is 19.9 Å². The fourth-order valence-corrected chi connectivity index (χ4v) is 5.85. The molecule has 2 aromatic rings. The fourth-order valence-electron chi connectivity index (χ4n) is 5.85. The van der Waals surface area contributed by atoms with E-state index in [-0.39, 0.29) is 11.3 Å². The van der Waals surface area contributed by atoms with E-state index in [4.69, 9.17) is 4.74 Å². The maximum Gasteiger partial charge on any atom is 0.267 e. The normalized spacial score (nSPS) is 12.3. The summed E-state index contributed by atoms with van der Waals surface area (Å²) < 4.78 is 8.34. The smallest absolute Gasteiger partial charge is 0.267 e. The first-order chi connectivity index (χ1) is 18.7. The Morgan fingerprint density at radius 2 is 1.64 bits per heavy atom. The van der Waals surface area contributed by atoms with Gasteiger partial charge < -0.3 is 24.6 Å². The SMILES string of the molecule is CCN(CC)CCNC(=O)c1ccc(C(CC)(CC)c2ccc(OCCCC(O)(CC)CC)c(C)c2)n1CC. The Balaban J connectivity index is 2.24. The summed E-state index contributed by atoms with van der Waals surface area (Å²) in [6.07, 6.45) is 4.99. The van der Waals surface area contributed by atoms with Crippen molar-refractivity contribution in [2.45, 2.75) is 111 Å². The average Bonchev–Trinajstić information content (AvgIpc) is 3.40. The number of carbonyl (C=O) groups excluding carboxylic acids is 1. The summed E-state index contributed by atoms with van der Waals surface area (Å²) in [5.74, 6) is 0.893. The summed E-state index contributed by atoms with van der Waals surface area (Å²) in [5.41, 5.74) is 3.51. The van der Waals surface area contributed by atoms with Crippen molar-refractivity contribution in [3.8, 4) is 5.75 Å². The first-order valence-electron chi connectivity index (χ1n) is 15.4. The summed E-state index contributed by atoms with van der Waals surface area (Å²) in [4.78, 5) is 15.5. The number of benzene rings is 1. The van der Waals surface area contributed by atoms with E-state index >= 15 is 0 Å². The molecule has 0 radical (unpaired) electrons. The molecule has 0 aliphatic heterocycles. The number of aromatic nitrogens is 1. The number of ether oxygens (including phenoxy) is 1. The summed E-state index contributed by atoms with van der Waals surface area (Å²) in [6.45, 7) is 21.9. The molecule has 2 N–H and O–H groups in total. The van der Waals surface area contributed by atoms with Gasteiger partial charge in [-0.25, -0.2) is 0 Å². The van der Waals surface area contributed by atoms with Gasteiger partial charge in [0.15, 0.2) is 0 Å². The quantitative estimate of drug-likeness (QED) is 0.206. The van der Waals surface area contributed by atoms with Crippen LogP contribution in [0.15, 0.2) is 30.3 Å². The summed E-state index contributed by atoms with van der Waals surface area (Å²) >= 11 is 0. The monoisotopic (exact) mass is 541 g/mol. The highest BCUT2D eigenvalue weighted by molar-refractivity contribution is 5.93. The Bertz CT molecular complexity index is 1020. The van der Waals surface area contributed by atoms with Crippen LogP contribution in [0, 0.1) is 6.92 Å². The number of amides is 1. The third-order valence-electron chi connectivity index (χ3n) is 8.92. The third kappa shape index (κ3) is 7.88. The predicted molar refractivity (Wildman–Crippen MR) is 163 cm³/mol. The number of hydrogen-bond donors (Lipinski definition) is 2. The van der Waals surface area contributed by atoms with Crippen LogP contribution in [0.25, 0.3) is 0 Å². The van der Waals surface area contributed by atoms with E-state index in [1.54, 1.807) is 0 Å². The molecule has 0 atom stereocenters. The van der Waals surface area contributed by atoms with Crippen molar-refractivity contribution in [2.75, 3.05) is 32.8 Å². The van der Waals surface area contributed by atoms with E-state index in [0.717, 1.165) is 81.7 Å². The van der Waals surface area contributed by atoms with Crippen molar-refractivity contribution >= 4 is 5.91 Å². The van der Waals surface area contributed by atoms with Crippen molar-refractivity contribution in [1.29, 1.82) is 0 Å². The van der Waals surface area contributed by atoms with E-state index < -0.39 is 5.60 Å². The first kappa shape index (κ1) is 32.9. The number of carbonyl (C=O) groups is 1. The van der Waals surface area contributed by atoms with Gasteiger partial charge in [-0.15, -0.1) is 0 Å². The van der Waals surface area contributed by atoms with Crippen LogP contribution in [0.3, 0.4) is 0 Å². The molecule has 1 aromatic heterocycles. The molecule has 6 nitrogen and oxygen atoms in total. The molecular formula is C33H55N3O3. The molecule has 0 fully saturated rings. The van der Waals surface area contributed by atoms with Crippen molar-refractivity contribution < 1.29 is 14.6 Å². The zero-order valence-electron chi connectivity index (χ0n) is 26.0. The molecule has 39 heavy (non-hydrogen) atoms. The Kier molecular flexibility index (Phi) is 13.1. The summed E-state index contributed by atoms with van der Waals surface area (Å²) in [6, 6.07) is 10.7. The molecule has 0 saturated heterocycles. The second-order valence-corrected chi connectivity index (χ2v) is 10.8. The lowest BCUT2D eigenvalue weighted by Gasteiger charge is -2.34. The molecule has 0 aliphatic carbocycles. The summed E-state index contributed by atoms with van der Waals surface area (Å²) in [7, 11) is 0. The maximum atomic E-state index is 13.2. The predicted octanol–water partition coefficient (Wildman–Crippen LogP) is 6.70. The number of hydrogen-bond acceptors (Lipinski definition) is 4. The first-order valence-corrected chi connectivity index (χ1v) is 15.4. The number of nitrogens with zero attached hydrogens (tertiary/aromatic N) is 2. The minimum Gasteiger partial charge on any atom is -0.493 e. The third-order valence-corrected chi connectivity index (χ3v) is 8.92. The number of likely N-dealkylation sites (N-methyl/N-ethyl adjacent to an activating group) is 1. The van der Waals surface area contributed by atoms with Gasteiger partial charge in [-0.1, -0.05) is 53.7 Å². The second kappa shape index (κ2) is 15.5. The minimum absolute atomic E-state index is 0.00525. The van der Waals surface area contributed by atoms with E-state index in [9.17, 15) is 9.90 Å². The Labute approximate surface area is 238 Å². The zero-order valence-corrected chi connectivity index (χ0v) is 26.0. The van der Waals surface area contributed by atoms with Crippen LogP contribution >= 0.6 is 0 Å². The highest BCUT2D eigenvalue weighted by Gasteiger charge is 2.35. The Morgan fingerprint density at radius 1 is 0.974 bits per heavy atom. The standard InChI is InChI=1S/C33H55N3O3/c1-9-32(38,10-2)21-16-24-39-29-19-17-27(25-26(29)8)33(11-3,12-4)30-20-18-28(36(30)15-7)31(37)34-22-23-35(13-5)14-6/h17-20,25,38H,9-16,21-24H2,1-8H3,(H,34,37). The molecule has 0 saturated carbocycles. The Hall–Kier alpha value is -2.31. The van der Waals surface area contributed by atoms with Gasteiger partial charge >= 0.3 is 0 Å². The lowest BCUT2D eigenvalue weighted by molar-refractivity contribution is 0.0184. The molecule has 2 rings (SSSR count). The van der Waals surface area contributed by atoms with Crippen LogP contribution in [0.1, 0.15) is 114 Å². The second-order valence-electron chi connectivity index (χ2n) is 10.8. The molecule has 0 unspecified atom stereocenters. The van der Waals surface area contributed by atoms with Crippen molar-refractivity contribution in [3.63, 3.8) is 0 Å². The van der Waals surface area contributed by atoms with Crippen LogP contribution in [-0.2, 0) is 12.0 Å². The average molecular weight is 542 g/mol. The van der Waals surface area contributed by atoms with E-state index in [1.165, 1.54) is 11.3 Å². The zero-order chi connectivity index (χ0) is 29.1. The molecular weight excluding hydrogens is 486 g/mol. The van der Waals surface area contributed by atoms with Gasteiger partial charge in [-0.3, -0.25) is 4.79 Å². The highest BCUT2D eigenvalue weighted by atomic mass is 16.5. The minimum atomic E-state index is -0.584. The lowest BCUT2D eigenvalue weighted by atomic mass is 9.72. The number of aryl methyl sites for hydroxylation is 1. The van der Waals surface area contributed by atoms with E-state index in [0.29, 0.717) is 13.2 Å². The fraction of sp³-hybridized carbons (Fsp3) is 0.667. The largest absolute Gasteiger partial charge is 0.493 e. The van der Waals surface area contributed by atoms with Gasteiger partial charge in [0.1, 0.15) is 11.4 Å². The molecule has 1 heterocycles. The molecule has 6 heteroatoms. The molecule has 0 aliphatic rings. The van der Waals surface area contributed by atoms with Crippen LogP contribution in [0.2, 0.25) is 0 Å². The van der Waals surface area contributed by atoms with E-state index in [2.05, 4.69) is 80.6 Å². The van der Waals surface area contributed by atoms with Crippen molar-refractivity contribution in [3.05, 3.63) is 52.8 Å². The van der Waals surface area contributed by atoms with Crippen molar-refractivity contribution in [1.82, 2.24) is 14.8 Å². The number of aliphatic hydroxyl groups is 1. The number of rotatable bonds is 18. The van der Waals surface area contributed by atoms with Gasteiger partial charge in [0.2, 0.25) is 0 Å². The van der Waals surface area contributed by atoms with Crippen LogP contribution in [0.5, 0.6) is 5.75 Å². The highest BCUT2D eigenvalue weighted by Crippen LogP contribution is 2.41. The maximum absolute atomic E-state index is 13.2. The van der Waals surface area contributed by atoms with Crippen LogP contribution < -0.4 is 10.1 Å². The van der Waals surface area contributed by atoms with Gasteiger partial charge in [-0.2, -0.15) is 0 Å². The van der Waals surface area contributed by atoms with Gasteiger partial charge in [0.05, 0.1) is 12.2 Å². The van der Waals surface area contributed by atoms with Crippen LogP contribution in [0.4, 0.5) is 0 Å². The molecule has 0 spiro atoms.